The lowest BCUT2D eigenvalue weighted by atomic mass is 10.1. The molecule has 0 spiro atoms. The van der Waals surface area contributed by atoms with Crippen molar-refractivity contribution in [2.45, 2.75) is 0 Å². The third-order valence-electron chi connectivity index (χ3n) is 4.15. The molecule has 0 aliphatic heterocycles. The summed E-state index contributed by atoms with van der Waals surface area (Å²) in [6.07, 6.45) is 0. The van der Waals surface area contributed by atoms with Gasteiger partial charge in [0.1, 0.15) is 5.75 Å². The number of pyridine rings is 1. The fraction of sp³-hybridized carbons (Fsp3) is 0.100. The van der Waals surface area contributed by atoms with E-state index >= 15 is 0 Å². The van der Waals surface area contributed by atoms with Crippen molar-refractivity contribution in [3.05, 3.63) is 64.4 Å². The van der Waals surface area contributed by atoms with Crippen LogP contribution in [0.15, 0.2) is 53.3 Å². The van der Waals surface area contributed by atoms with Crippen LogP contribution in [0.1, 0.15) is 10.4 Å². The number of benzene rings is 2. The van der Waals surface area contributed by atoms with Gasteiger partial charge in [0.2, 0.25) is 5.56 Å². The molecular weight excluding hydrogens is 394 g/mol. The van der Waals surface area contributed by atoms with Crippen molar-refractivity contribution in [2.75, 3.05) is 19.0 Å². The van der Waals surface area contributed by atoms with Gasteiger partial charge in [0.15, 0.2) is 11.7 Å². The third kappa shape index (κ3) is 3.94. The molecule has 2 aromatic heterocycles. The first-order chi connectivity index (χ1) is 14.0. The molecule has 29 heavy (non-hydrogen) atoms. The first kappa shape index (κ1) is 18.6. The van der Waals surface area contributed by atoms with Crippen molar-refractivity contribution >= 4 is 49.5 Å². The molecule has 0 aliphatic carbocycles. The van der Waals surface area contributed by atoms with Crippen molar-refractivity contribution in [1.82, 2.24) is 9.97 Å². The predicted molar refractivity (Wildman–Crippen MR) is 110 cm³/mol. The molecule has 4 aromatic rings. The van der Waals surface area contributed by atoms with Gasteiger partial charge in [-0.2, -0.15) is 0 Å². The fourth-order valence-corrected chi connectivity index (χ4v) is 3.73. The third-order valence-corrected chi connectivity index (χ3v) is 5.08. The molecule has 4 rings (SSSR count). The maximum Gasteiger partial charge on any atom is 0.339 e. The average Bonchev–Trinajstić information content (AvgIpc) is 3.12. The summed E-state index contributed by atoms with van der Waals surface area (Å²) in [5.41, 5.74) is 0.911. The van der Waals surface area contributed by atoms with Gasteiger partial charge in [0.25, 0.3) is 5.91 Å². The number of amides is 1. The fourth-order valence-electron chi connectivity index (χ4n) is 2.82. The summed E-state index contributed by atoms with van der Waals surface area (Å²) in [5.74, 6) is -0.590. The van der Waals surface area contributed by atoms with E-state index < -0.39 is 24.0 Å². The summed E-state index contributed by atoms with van der Waals surface area (Å²) in [7, 11) is 1.57. The normalized spacial score (nSPS) is 10.8. The van der Waals surface area contributed by atoms with Crippen LogP contribution in [0.3, 0.4) is 0 Å². The zero-order valence-electron chi connectivity index (χ0n) is 15.2. The summed E-state index contributed by atoms with van der Waals surface area (Å²) in [5, 5.41) is 3.53. The minimum Gasteiger partial charge on any atom is -0.497 e. The number of fused-ring (bicyclic) bond motifs is 2. The molecule has 0 aliphatic rings. The lowest BCUT2D eigenvalue weighted by molar-refractivity contribution is -0.119. The summed E-state index contributed by atoms with van der Waals surface area (Å²) in [4.78, 5) is 43.3. The molecule has 0 fully saturated rings. The summed E-state index contributed by atoms with van der Waals surface area (Å²) < 4.78 is 11.1. The molecule has 1 amide bonds. The van der Waals surface area contributed by atoms with Crippen LogP contribution in [-0.2, 0) is 9.53 Å². The largest absolute Gasteiger partial charge is 0.497 e. The van der Waals surface area contributed by atoms with E-state index in [0.717, 1.165) is 16.3 Å². The Morgan fingerprint density at radius 3 is 2.83 bits per heavy atom. The van der Waals surface area contributed by atoms with Gasteiger partial charge in [-0.05, 0) is 24.3 Å². The Morgan fingerprint density at radius 2 is 2.00 bits per heavy atom. The smallest absolute Gasteiger partial charge is 0.339 e. The number of ether oxygens (including phenoxy) is 2. The molecule has 0 saturated heterocycles. The maximum absolute atomic E-state index is 12.4. The average molecular weight is 409 g/mol. The van der Waals surface area contributed by atoms with E-state index in [2.05, 4.69) is 15.3 Å². The number of hydrogen-bond acceptors (Lipinski definition) is 7. The summed E-state index contributed by atoms with van der Waals surface area (Å²) in [6.45, 7) is -0.501. The first-order valence-corrected chi connectivity index (χ1v) is 9.39. The standard InChI is InChI=1S/C20H15N3O5S/c1-27-11-6-7-15-16(8-11)29-20(22-15)23-18(25)10-28-19(26)13-9-17(24)21-14-5-3-2-4-12(13)14/h2-9H,10H2,1H3,(H,21,24)(H,22,23,25). The molecule has 146 valence electrons. The zero-order valence-corrected chi connectivity index (χ0v) is 16.0. The van der Waals surface area contributed by atoms with Gasteiger partial charge < -0.3 is 14.5 Å². The van der Waals surface area contributed by atoms with Gasteiger partial charge >= 0.3 is 5.97 Å². The second kappa shape index (κ2) is 7.72. The number of H-pyrrole nitrogens is 1. The lowest BCUT2D eigenvalue weighted by Gasteiger charge is -2.07. The zero-order chi connectivity index (χ0) is 20.4. The van der Waals surface area contributed by atoms with Gasteiger partial charge in [-0.1, -0.05) is 29.5 Å². The monoisotopic (exact) mass is 409 g/mol. The second-order valence-corrected chi connectivity index (χ2v) is 7.10. The van der Waals surface area contributed by atoms with E-state index in [1.165, 1.54) is 11.3 Å². The summed E-state index contributed by atoms with van der Waals surface area (Å²) >= 11 is 1.28. The number of aromatic nitrogens is 2. The number of anilines is 1. The number of nitrogens with zero attached hydrogens (tertiary/aromatic N) is 1. The Hall–Kier alpha value is -3.72. The minimum absolute atomic E-state index is 0.101. The number of esters is 1. The topological polar surface area (TPSA) is 110 Å². The van der Waals surface area contributed by atoms with Crippen molar-refractivity contribution in [3.8, 4) is 5.75 Å². The SMILES string of the molecule is COc1ccc2nc(NC(=O)COC(=O)c3cc(=O)[nH]c4ccccc34)sc2c1. The van der Waals surface area contributed by atoms with E-state index in [-0.39, 0.29) is 5.56 Å². The highest BCUT2D eigenvalue weighted by Crippen LogP contribution is 2.29. The Morgan fingerprint density at radius 1 is 1.17 bits per heavy atom. The molecule has 0 atom stereocenters. The van der Waals surface area contributed by atoms with Crippen molar-refractivity contribution in [1.29, 1.82) is 0 Å². The number of nitrogens with one attached hydrogen (secondary N) is 2. The highest BCUT2D eigenvalue weighted by atomic mass is 32.1. The van der Waals surface area contributed by atoms with Gasteiger partial charge in [-0.3, -0.25) is 14.9 Å². The molecule has 2 heterocycles. The highest BCUT2D eigenvalue weighted by molar-refractivity contribution is 7.22. The van der Waals surface area contributed by atoms with Crippen LogP contribution in [0.4, 0.5) is 5.13 Å². The number of rotatable bonds is 5. The van der Waals surface area contributed by atoms with Crippen LogP contribution >= 0.6 is 11.3 Å². The van der Waals surface area contributed by atoms with Gasteiger partial charge in [0.05, 0.1) is 22.9 Å². The van der Waals surface area contributed by atoms with Crippen molar-refractivity contribution in [2.24, 2.45) is 0 Å². The van der Waals surface area contributed by atoms with E-state index in [1.54, 1.807) is 43.5 Å². The number of aromatic amines is 1. The van der Waals surface area contributed by atoms with Crippen LogP contribution in [-0.4, -0.2) is 35.6 Å². The van der Waals surface area contributed by atoms with E-state index in [0.29, 0.717) is 21.8 Å². The van der Waals surface area contributed by atoms with Crippen LogP contribution in [0, 0.1) is 0 Å². The number of methoxy groups -OCH3 is 1. The maximum atomic E-state index is 12.4. The number of para-hydroxylation sites is 1. The summed E-state index contributed by atoms with van der Waals surface area (Å²) in [6, 6.07) is 13.4. The van der Waals surface area contributed by atoms with Crippen LogP contribution in [0.2, 0.25) is 0 Å². The number of carbonyl (C=O) groups excluding carboxylic acids is 2. The lowest BCUT2D eigenvalue weighted by Crippen LogP contribution is -2.21. The van der Waals surface area contributed by atoms with E-state index in [9.17, 15) is 14.4 Å². The molecule has 0 radical (unpaired) electrons. The molecule has 0 unspecified atom stereocenters. The van der Waals surface area contributed by atoms with Gasteiger partial charge in [0, 0.05) is 17.0 Å². The van der Waals surface area contributed by atoms with Crippen molar-refractivity contribution < 1.29 is 19.1 Å². The first-order valence-electron chi connectivity index (χ1n) is 8.57. The number of hydrogen-bond donors (Lipinski definition) is 2. The van der Waals surface area contributed by atoms with Crippen LogP contribution in [0.25, 0.3) is 21.1 Å². The van der Waals surface area contributed by atoms with Gasteiger partial charge in [-0.15, -0.1) is 0 Å². The molecule has 0 saturated carbocycles. The van der Waals surface area contributed by atoms with Crippen LogP contribution in [0.5, 0.6) is 5.75 Å². The molecule has 8 nitrogen and oxygen atoms in total. The second-order valence-electron chi connectivity index (χ2n) is 6.07. The minimum atomic E-state index is -0.753. The highest BCUT2D eigenvalue weighted by Gasteiger charge is 2.16. The van der Waals surface area contributed by atoms with Crippen LogP contribution < -0.4 is 15.6 Å². The van der Waals surface area contributed by atoms with Gasteiger partial charge in [-0.25, -0.2) is 9.78 Å². The Bertz CT molecular complexity index is 1290. The van der Waals surface area contributed by atoms with E-state index in [1.807, 2.05) is 6.07 Å². The molecule has 2 aromatic carbocycles. The van der Waals surface area contributed by atoms with Crippen molar-refractivity contribution in [3.63, 3.8) is 0 Å². The Kier molecular flexibility index (Phi) is 4.96. The quantitative estimate of drug-likeness (QED) is 0.491. The predicted octanol–water partition coefficient (Wildman–Crippen LogP) is 2.94. The molecular formula is C20H15N3O5S. The molecule has 2 N–H and O–H groups in total. The van der Waals surface area contributed by atoms with E-state index in [4.69, 9.17) is 9.47 Å². The molecule has 0 bridgehead atoms. The number of thiazole rings is 1. The molecule has 9 heteroatoms. The number of carbonyl (C=O) groups is 2. The Labute approximate surface area is 168 Å². The Balaban J connectivity index is 1.45.